The van der Waals surface area contributed by atoms with E-state index in [0.717, 1.165) is 9.75 Å². The van der Waals surface area contributed by atoms with Gasteiger partial charge in [0.2, 0.25) is 0 Å². The molecule has 0 fully saturated rings. The smallest absolute Gasteiger partial charge is 0.338 e. The third-order valence-corrected chi connectivity index (χ3v) is 6.74. The molecule has 0 spiro atoms. The summed E-state index contributed by atoms with van der Waals surface area (Å²) in [6, 6.07) is 17.4. The summed E-state index contributed by atoms with van der Waals surface area (Å²) in [6.45, 7) is 0. The number of ketones is 1. The van der Waals surface area contributed by atoms with Crippen LogP contribution in [-0.4, -0.2) is 31.9 Å². The zero-order valence-corrected chi connectivity index (χ0v) is 18.9. The van der Waals surface area contributed by atoms with Gasteiger partial charge in [-0.3, -0.25) is 4.79 Å². The molecule has 5 nitrogen and oxygen atoms in total. The summed E-state index contributed by atoms with van der Waals surface area (Å²) < 4.78 is 9.92. The van der Waals surface area contributed by atoms with Crippen LogP contribution in [0.25, 0.3) is 20.9 Å². The lowest BCUT2D eigenvalue weighted by atomic mass is 9.89. The highest BCUT2D eigenvalue weighted by Crippen LogP contribution is 2.37. The zero-order chi connectivity index (χ0) is 22.7. The summed E-state index contributed by atoms with van der Waals surface area (Å²) >= 11 is 2.85. The first-order valence-corrected chi connectivity index (χ1v) is 11.4. The van der Waals surface area contributed by atoms with E-state index in [9.17, 15) is 14.4 Å². The van der Waals surface area contributed by atoms with Crippen LogP contribution in [0.3, 0.4) is 0 Å². The Morgan fingerprint density at radius 1 is 0.594 bits per heavy atom. The van der Waals surface area contributed by atoms with Gasteiger partial charge in [-0.15, -0.1) is 22.7 Å². The quantitative estimate of drug-likeness (QED) is 0.262. The molecule has 7 heteroatoms. The van der Waals surface area contributed by atoms with Crippen molar-refractivity contribution in [3.8, 4) is 20.9 Å². The van der Waals surface area contributed by atoms with Crippen molar-refractivity contribution in [1.29, 1.82) is 0 Å². The standard InChI is InChI=1S/C25H18O5S2/c1-29-24(27)17-9-3-7-15(21(17)19-11-5-13-31-19)23(26)16-8-4-10-18(25(28)30-2)22(16)20-12-6-14-32-20/h3-14H,1-2H3. The van der Waals surface area contributed by atoms with E-state index in [-0.39, 0.29) is 5.78 Å². The first-order chi connectivity index (χ1) is 15.6. The Bertz CT molecular complexity index is 1190. The summed E-state index contributed by atoms with van der Waals surface area (Å²) in [7, 11) is 2.62. The Morgan fingerprint density at radius 2 is 1.00 bits per heavy atom. The van der Waals surface area contributed by atoms with Gasteiger partial charge in [-0.2, -0.15) is 0 Å². The average molecular weight is 463 g/mol. The van der Waals surface area contributed by atoms with E-state index >= 15 is 0 Å². The molecule has 0 unspecified atom stereocenters. The van der Waals surface area contributed by atoms with Crippen LogP contribution in [0.15, 0.2) is 71.4 Å². The first kappa shape index (κ1) is 21.7. The molecule has 0 amide bonds. The minimum absolute atomic E-state index is 0.298. The van der Waals surface area contributed by atoms with Crippen LogP contribution in [-0.2, 0) is 9.47 Å². The number of methoxy groups -OCH3 is 2. The van der Waals surface area contributed by atoms with Gasteiger partial charge in [-0.1, -0.05) is 36.4 Å². The van der Waals surface area contributed by atoms with Gasteiger partial charge in [-0.05, 0) is 35.0 Å². The van der Waals surface area contributed by atoms with Crippen LogP contribution in [0.1, 0.15) is 36.6 Å². The maximum Gasteiger partial charge on any atom is 0.338 e. The van der Waals surface area contributed by atoms with Crippen molar-refractivity contribution < 1.29 is 23.9 Å². The Balaban J connectivity index is 1.98. The predicted molar refractivity (Wildman–Crippen MR) is 126 cm³/mol. The second-order valence-electron chi connectivity index (χ2n) is 6.72. The third kappa shape index (κ3) is 3.88. The summed E-state index contributed by atoms with van der Waals surface area (Å²) in [5.74, 6) is -1.34. The monoisotopic (exact) mass is 462 g/mol. The molecule has 0 aliphatic rings. The van der Waals surface area contributed by atoms with Gasteiger partial charge < -0.3 is 9.47 Å². The number of rotatable bonds is 6. The topological polar surface area (TPSA) is 69.7 Å². The number of hydrogen-bond acceptors (Lipinski definition) is 7. The first-order valence-electron chi connectivity index (χ1n) is 9.62. The number of carbonyl (C=O) groups excluding carboxylic acids is 3. The highest BCUT2D eigenvalue weighted by molar-refractivity contribution is 7.14. The molecule has 0 atom stereocenters. The van der Waals surface area contributed by atoms with Crippen molar-refractivity contribution in [2.45, 2.75) is 0 Å². The third-order valence-electron chi connectivity index (χ3n) is 4.96. The van der Waals surface area contributed by atoms with Crippen molar-refractivity contribution in [1.82, 2.24) is 0 Å². The maximum atomic E-state index is 13.9. The van der Waals surface area contributed by atoms with Crippen LogP contribution in [0.2, 0.25) is 0 Å². The fourth-order valence-electron chi connectivity index (χ4n) is 3.56. The van der Waals surface area contributed by atoms with E-state index in [1.165, 1.54) is 36.9 Å². The van der Waals surface area contributed by atoms with Crippen LogP contribution in [0.5, 0.6) is 0 Å². The van der Waals surface area contributed by atoms with Gasteiger partial charge in [0.05, 0.1) is 25.3 Å². The molecule has 0 bridgehead atoms. The molecular formula is C25H18O5S2. The highest BCUT2D eigenvalue weighted by Gasteiger charge is 2.26. The number of thiophene rings is 2. The lowest BCUT2D eigenvalue weighted by molar-refractivity contribution is 0.0592. The molecule has 4 aromatic rings. The van der Waals surface area contributed by atoms with Gasteiger partial charge in [0, 0.05) is 32.0 Å². The second-order valence-corrected chi connectivity index (χ2v) is 8.62. The average Bonchev–Trinajstić information content (AvgIpc) is 3.56. The molecule has 0 saturated carbocycles. The molecule has 4 rings (SSSR count). The van der Waals surface area contributed by atoms with Crippen molar-refractivity contribution >= 4 is 40.4 Å². The Labute approximate surface area is 192 Å². The molecular weight excluding hydrogens is 444 g/mol. The van der Waals surface area contributed by atoms with E-state index in [1.54, 1.807) is 36.4 Å². The normalized spacial score (nSPS) is 10.6. The Kier molecular flexibility index (Phi) is 6.30. The van der Waals surface area contributed by atoms with Gasteiger partial charge in [0.15, 0.2) is 5.78 Å². The molecule has 160 valence electrons. The van der Waals surface area contributed by atoms with Crippen LogP contribution >= 0.6 is 22.7 Å². The number of hydrogen-bond donors (Lipinski definition) is 0. The summed E-state index contributed by atoms with van der Waals surface area (Å²) in [5.41, 5.74) is 2.36. The molecule has 0 aliphatic carbocycles. The van der Waals surface area contributed by atoms with Crippen molar-refractivity contribution in [2.24, 2.45) is 0 Å². The zero-order valence-electron chi connectivity index (χ0n) is 17.3. The Hall–Kier alpha value is -3.55. The molecule has 0 N–H and O–H groups in total. The molecule has 0 saturated heterocycles. The molecule has 0 aliphatic heterocycles. The van der Waals surface area contributed by atoms with Gasteiger partial charge in [0.1, 0.15) is 0 Å². The molecule has 0 radical (unpaired) electrons. The van der Waals surface area contributed by atoms with Crippen molar-refractivity contribution in [3.05, 3.63) is 93.7 Å². The number of benzene rings is 2. The van der Waals surface area contributed by atoms with E-state index in [0.29, 0.717) is 33.4 Å². The van der Waals surface area contributed by atoms with Gasteiger partial charge in [0.25, 0.3) is 0 Å². The molecule has 2 aromatic carbocycles. The molecule has 2 heterocycles. The minimum Gasteiger partial charge on any atom is -0.465 e. The SMILES string of the molecule is COC(=O)c1cccc(C(=O)c2cccc(C(=O)OC)c2-c2cccs2)c1-c1cccs1. The maximum absolute atomic E-state index is 13.9. The fraction of sp³-hybridized carbons (Fsp3) is 0.0800. The predicted octanol–water partition coefficient (Wildman–Crippen LogP) is 5.95. The van der Waals surface area contributed by atoms with Crippen LogP contribution < -0.4 is 0 Å². The van der Waals surface area contributed by atoms with Crippen LogP contribution in [0, 0.1) is 0 Å². The van der Waals surface area contributed by atoms with Crippen molar-refractivity contribution in [3.63, 3.8) is 0 Å². The lowest BCUT2D eigenvalue weighted by Crippen LogP contribution is -2.12. The second kappa shape index (κ2) is 9.30. The summed E-state index contributed by atoms with van der Waals surface area (Å²) in [6.07, 6.45) is 0. The minimum atomic E-state index is -0.523. The van der Waals surface area contributed by atoms with Gasteiger partial charge >= 0.3 is 11.9 Å². The fourth-order valence-corrected chi connectivity index (χ4v) is 5.16. The summed E-state index contributed by atoms with van der Waals surface area (Å²) in [5, 5.41) is 3.76. The molecule has 2 aromatic heterocycles. The lowest BCUT2D eigenvalue weighted by Gasteiger charge is -2.15. The number of ether oxygens (including phenoxy) is 2. The van der Waals surface area contributed by atoms with Crippen LogP contribution in [0.4, 0.5) is 0 Å². The number of esters is 2. The Morgan fingerprint density at radius 3 is 1.34 bits per heavy atom. The van der Waals surface area contributed by atoms with Gasteiger partial charge in [-0.25, -0.2) is 9.59 Å². The molecule has 32 heavy (non-hydrogen) atoms. The van der Waals surface area contributed by atoms with E-state index in [2.05, 4.69) is 0 Å². The van der Waals surface area contributed by atoms with Crippen molar-refractivity contribution in [2.75, 3.05) is 14.2 Å². The summed E-state index contributed by atoms with van der Waals surface area (Å²) in [4.78, 5) is 40.4. The highest BCUT2D eigenvalue weighted by atomic mass is 32.1. The van der Waals surface area contributed by atoms with E-state index in [4.69, 9.17) is 9.47 Å². The largest absolute Gasteiger partial charge is 0.465 e. The van der Waals surface area contributed by atoms with E-state index in [1.807, 2.05) is 35.0 Å². The van der Waals surface area contributed by atoms with E-state index < -0.39 is 11.9 Å². The number of carbonyl (C=O) groups is 3.